The molecule has 0 bridgehead atoms. The molecule has 0 atom stereocenters. The fraction of sp³-hybridized carbons (Fsp3) is 0.200. The number of hydrogen-bond acceptors (Lipinski definition) is 8. The molecule has 35 heavy (non-hydrogen) atoms. The standard InChI is InChI=1S/C25H23N3O6S/c1-32-20-11-6-5-10-19(20)22-26-23(35(30,31)18-8-3-2-4-9-18)25(34-22)28-15-13-27(14-16-28)24(29)21-12-7-17-33-21/h2-12,17H,13-16H2,1H3. The van der Waals surface area contributed by atoms with Crippen molar-refractivity contribution >= 4 is 21.6 Å². The molecule has 1 saturated heterocycles. The van der Waals surface area contributed by atoms with Crippen molar-refractivity contribution in [3.05, 3.63) is 78.8 Å². The average molecular weight is 494 g/mol. The van der Waals surface area contributed by atoms with E-state index in [4.69, 9.17) is 13.6 Å². The van der Waals surface area contributed by atoms with E-state index in [9.17, 15) is 13.2 Å². The molecule has 0 unspecified atom stereocenters. The van der Waals surface area contributed by atoms with Crippen LogP contribution in [0.5, 0.6) is 5.75 Å². The molecule has 10 heteroatoms. The molecule has 2 aromatic carbocycles. The molecular formula is C25H23N3O6S. The van der Waals surface area contributed by atoms with Crippen LogP contribution in [0.25, 0.3) is 11.5 Å². The lowest BCUT2D eigenvalue weighted by molar-refractivity contribution is 0.0713. The van der Waals surface area contributed by atoms with Crippen LogP contribution in [-0.4, -0.2) is 57.5 Å². The van der Waals surface area contributed by atoms with Crippen LogP contribution in [0.4, 0.5) is 5.88 Å². The Bertz CT molecular complexity index is 1420. The number of aromatic nitrogens is 1. The lowest BCUT2D eigenvalue weighted by Crippen LogP contribution is -2.49. The second-order valence-electron chi connectivity index (χ2n) is 7.90. The molecule has 1 aliphatic rings. The molecule has 3 heterocycles. The van der Waals surface area contributed by atoms with Crippen molar-refractivity contribution in [2.24, 2.45) is 0 Å². The smallest absolute Gasteiger partial charge is 0.289 e. The van der Waals surface area contributed by atoms with Gasteiger partial charge in [0.2, 0.25) is 26.6 Å². The van der Waals surface area contributed by atoms with E-state index >= 15 is 0 Å². The monoisotopic (exact) mass is 493 g/mol. The lowest BCUT2D eigenvalue weighted by Gasteiger charge is -2.34. The molecule has 4 aromatic rings. The first-order valence-electron chi connectivity index (χ1n) is 11.0. The van der Waals surface area contributed by atoms with E-state index in [2.05, 4.69) is 4.98 Å². The summed E-state index contributed by atoms with van der Waals surface area (Å²) in [6.45, 7) is 1.47. The third kappa shape index (κ3) is 4.28. The summed E-state index contributed by atoms with van der Waals surface area (Å²) in [7, 11) is -2.45. The van der Waals surface area contributed by atoms with Crippen molar-refractivity contribution in [3.8, 4) is 17.2 Å². The van der Waals surface area contributed by atoms with Gasteiger partial charge >= 0.3 is 0 Å². The molecule has 0 aliphatic carbocycles. The van der Waals surface area contributed by atoms with E-state index in [-0.39, 0.29) is 33.4 Å². The number of para-hydroxylation sites is 1. The number of ether oxygens (including phenoxy) is 1. The van der Waals surface area contributed by atoms with Crippen molar-refractivity contribution in [1.29, 1.82) is 0 Å². The molecule has 1 amide bonds. The number of furan rings is 1. The molecule has 9 nitrogen and oxygen atoms in total. The van der Waals surface area contributed by atoms with Crippen LogP contribution in [0.15, 0.2) is 91.7 Å². The molecule has 180 valence electrons. The van der Waals surface area contributed by atoms with Gasteiger partial charge in [0.1, 0.15) is 5.75 Å². The zero-order valence-corrected chi connectivity index (χ0v) is 19.8. The van der Waals surface area contributed by atoms with Crippen molar-refractivity contribution in [1.82, 2.24) is 9.88 Å². The van der Waals surface area contributed by atoms with Crippen LogP contribution >= 0.6 is 0 Å². The van der Waals surface area contributed by atoms with Gasteiger partial charge in [-0.1, -0.05) is 30.3 Å². The van der Waals surface area contributed by atoms with Crippen LogP contribution in [-0.2, 0) is 9.84 Å². The Hall–Kier alpha value is -4.05. The number of methoxy groups -OCH3 is 1. The maximum Gasteiger partial charge on any atom is 0.289 e. The minimum Gasteiger partial charge on any atom is -0.496 e. The summed E-state index contributed by atoms with van der Waals surface area (Å²) in [4.78, 5) is 20.7. The zero-order valence-electron chi connectivity index (χ0n) is 19.0. The number of anilines is 1. The highest BCUT2D eigenvalue weighted by molar-refractivity contribution is 7.91. The van der Waals surface area contributed by atoms with Gasteiger partial charge in [0.05, 0.1) is 23.8 Å². The van der Waals surface area contributed by atoms with E-state index < -0.39 is 9.84 Å². The predicted molar refractivity (Wildman–Crippen MR) is 127 cm³/mol. The molecule has 0 radical (unpaired) electrons. The number of benzene rings is 2. The second-order valence-corrected chi connectivity index (χ2v) is 9.77. The van der Waals surface area contributed by atoms with Crippen molar-refractivity contribution in [3.63, 3.8) is 0 Å². The maximum atomic E-state index is 13.6. The summed E-state index contributed by atoms with van der Waals surface area (Å²) in [5, 5.41) is -0.171. The molecule has 0 N–H and O–H groups in total. The largest absolute Gasteiger partial charge is 0.496 e. The Morgan fingerprint density at radius 1 is 0.943 bits per heavy atom. The topological polar surface area (TPSA) is 106 Å². The van der Waals surface area contributed by atoms with Crippen LogP contribution in [0, 0.1) is 0 Å². The highest BCUT2D eigenvalue weighted by Crippen LogP contribution is 2.38. The van der Waals surface area contributed by atoms with Gasteiger partial charge in [-0.15, -0.1) is 0 Å². The first-order chi connectivity index (χ1) is 17.0. The van der Waals surface area contributed by atoms with Crippen molar-refractivity contribution < 1.29 is 26.8 Å². The quantitative estimate of drug-likeness (QED) is 0.400. The van der Waals surface area contributed by atoms with Gasteiger partial charge in [-0.2, -0.15) is 4.98 Å². The minimum absolute atomic E-state index is 0.118. The number of sulfone groups is 1. The van der Waals surface area contributed by atoms with E-state index in [0.29, 0.717) is 37.5 Å². The van der Waals surface area contributed by atoms with Crippen LogP contribution in [0.1, 0.15) is 10.6 Å². The van der Waals surface area contributed by atoms with Gasteiger partial charge in [0, 0.05) is 26.2 Å². The number of rotatable bonds is 6. The molecule has 0 saturated carbocycles. The summed E-state index contributed by atoms with van der Waals surface area (Å²) in [5.41, 5.74) is 0.539. The molecule has 1 fully saturated rings. The molecule has 2 aromatic heterocycles. The third-order valence-electron chi connectivity index (χ3n) is 5.81. The van der Waals surface area contributed by atoms with Gasteiger partial charge in [0.25, 0.3) is 5.91 Å². The number of oxazole rings is 1. The highest BCUT2D eigenvalue weighted by Gasteiger charge is 2.34. The van der Waals surface area contributed by atoms with Gasteiger partial charge in [0.15, 0.2) is 5.76 Å². The average Bonchev–Trinajstić information content (AvgIpc) is 3.60. The summed E-state index contributed by atoms with van der Waals surface area (Å²) in [5.74, 6) is 0.849. The fourth-order valence-electron chi connectivity index (χ4n) is 3.99. The number of amides is 1. The molecule has 5 rings (SSSR count). The van der Waals surface area contributed by atoms with E-state index in [1.807, 2.05) is 6.07 Å². The van der Waals surface area contributed by atoms with Gasteiger partial charge in [-0.25, -0.2) is 8.42 Å². The van der Waals surface area contributed by atoms with Gasteiger partial charge < -0.3 is 23.4 Å². The summed E-state index contributed by atoms with van der Waals surface area (Å²) < 4.78 is 43.9. The zero-order chi connectivity index (χ0) is 24.4. The second kappa shape index (κ2) is 9.30. The normalized spacial score (nSPS) is 14.2. The molecular weight excluding hydrogens is 470 g/mol. The Morgan fingerprint density at radius 2 is 1.66 bits per heavy atom. The number of carbonyl (C=O) groups excluding carboxylic acids is 1. The molecule has 0 spiro atoms. The summed E-state index contributed by atoms with van der Waals surface area (Å²) >= 11 is 0. The first-order valence-corrected chi connectivity index (χ1v) is 12.5. The Kier molecular flexibility index (Phi) is 6.04. The Morgan fingerprint density at radius 3 is 2.34 bits per heavy atom. The maximum absolute atomic E-state index is 13.6. The van der Waals surface area contributed by atoms with E-state index in [1.54, 1.807) is 58.3 Å². The first kappa shape index (κ1) is 22.7. The van der Waals surface area contributed by atoms with Crippen molar-refractivity contribution in [2.75, 3.05) is 38.2 Å². The highest BCUT2D eigenvalue weighted by atomic mass is 32.2. The number of nitrogens with zero attached hydrogens (tertiary/aromatic N) is 3. The van der Waals surface area contributed by atoms with Crippen LogP contribution < -0.4 is 9.64 Å². The van der Waals surface area contributed by atoms with Gasteiger partial charge in [-0.3, -0.25) is 4.79 Å². The SMILES string of the molecule is COc1ccccc1-c1nc(S(=O)(=O)c2ccccc2)c(N2CCN(C(=O)c3ccco3)CC2)o1. The van der Waals surface area contributed by atoms with Crippen molar-refractivity contribution in [2.45, 2.75) is 9.92 Å². The fourth-order valence-corrected chi connectivity index (χ4v) is 5.33. The predicted octanol–water partition coefficient (Wildman–Crippen LogP) is 3.74. The Labute approximate surface area is 202 Å². The summed E-state index contributed by atoms with van der Waals surface area (Å²) in [6, 6.07) is 18.5. The molecule has 1 aliphatic heterocycles. The van der Waals surface area contributed by atoms with E-state index in [0.717, 1.165) is 0 Å². The number of hydrogen-bond donors (Lipinski definition) is 0. The third-order valence-corrected chi connectivity index (χ3v) is 7.48. The lowest BCUT2D eigenvalue weighted by atomic mass is 10.2. The van der Waals surface area contributed by atoms with E-state index in [1.165, 1.54) is 25.5 Å². The number of piperazine rings is 1. The Balaban J connectivity index is 1.51. The van der Waals surface area contributed by atoms with Gasteiger partial charge in [-0.05, 0) is 36.4 Å². The number of carbonyl (C=O) groups is 1. The van der Waals surface area contributed by atoms with Crippen LogP contribution in [0.2, 0.25) is 0 Å². The summed E-state index contributed by atoms with van der Waals surface area (Å²) in [6.07, 6.45) is 1.46. The van der Waals surface area contributed by atoms with Crippen LogP contribution in [0.3, 0.4) is 0 Å². The minimum atomic E-state index is -3.97.